The van der Waals surface area contributed by atoms with Crippen LogP contribution >= 0.6 is 0 Å². The van der Waals surface area contributed by atoms with Gasteiger partial charge in [-0.15, -0.1) is 0 Å². The molecule has 0 radical (unpaired) electrons. The van der Waals surface area contributed by atoms with Crippen molar-refractivity contribution in [2.75, 3.05) is 11.9 Å². The molecule has 4 nitrogen and oxygen atoms in total. The second kappa shape index (κ2) is 6.36. The molecule has 0 saturated carbocycles. The third-order valence-electron chi connectivity index (χ3n) is 3.13. The Kier molecular flexibility index (Phi) is 4.55. The van der Waals surface area contributed by atoms with Gasteiger partial charge in [0.15, 0.2) is 5.82 Å². The minimum absolute atomic E-state index is 0.851. The van der Waals surface area contributed by atoms with Crippen LogP contribution in [0.25, 0.3) is 0 Å². The summed E-state index contributed by atoms with van der Waals surface area (Å²) in [7, 11) is 0. The van der Waals surface area contributed by atoms with E-state index in [0.717, 1.165) is 43.3 Å². The van der Waals surface area contributed by atoms with Gasteiger partial charge in [0.1, 0.15) is 5.82 Å². The first kappa shape index (κ1) is 13.6. The highest BCUT2D eigenvalue weighted by molar-refractivity contribution is 5.44. The summed E-state index contributed by atoms with van der Waals surface area (Å²) in [5, 5.41) is 7.92. The van der Waals surface area contributed by atoms with Crippen LogP contribution in [0.15, 0.2) is 24.3 Å². The van der Waals surface area contributed by atoms with E-state index in [0.29, 0.717) is 0 Å². The van der Waals surface area contributed by atoms with Crippen LogP contribution in [0.4, 0.5) is 5.69 Å². The molecule has 0 amide bonds. The molecule has 0 spiro atoms. The van der Waals surface area contributed by atoms with Gasteiger partial charge in [0, 0.05) is 25.1 Å². The van der Waals surface area contributed by atoms with Crippen LogP contribution in [0.1, 0.15) is 31.1 Å². The van der Waals surface area contributed by atoms with Crippen molar-refractivity contribution in [3.05, 3.63) is 41.5 Å². The summed E-state index contributed by atoms with van der Waals surface area (Å²) in [6.45, 7) is 8.02. The number of aryl methyl sites for hydroxylation is 3. The summed E-state index contributed by atoms with van der Waals surface area (Å²) >= 11 is 0. The molecule has 0 saturated heterocycles. The van der Waals surface area contributed by atoms with Crippen LogP contribution < -0.4 is 5.32 Å². The Balaban J connectivity index is 1.91. The van der Waals surface area contributed by atoms with Crippen molar-refractivity contribution in [3.63, 3.8) is 0 Å². The number of hydrogen-bond donors (Lipinski definition) is 1. The highest BCUT2D eigenvalue weighted by atomic mass is 15.3. The fourth-order valence-electron chi connectivity index (χ4n) is 1.99. The second-order valence-corrected chi connectivity index (χ2v) is 4.67. The molecule has 4 heteroatoms. The molecule has 2 aromatic rings. The summed E-state index contributed by atoms with van der Waals surface area (Å²) in [5.74, 6) is 2.01. The van der Waals surface area contributed by atoms with Crippen molar-refractivity contribution in [2.24, 2.45) is 0 Å². The Labute approximate surface area is 114 Å². The lowest BCUT2D eigenvalue weighted by molar-refractivity contribution is 0.597. The van der Waals surface area contributed by atoms with Gasteiger partial charge in [-0.05, 0) is 19.1 Å². The van der Waals surface area contributed by atoms with Gasteiger partial charge in [-0.3, -0.25) is 0 Å². The quantitative estimate of drug-likeness (QED) is 0.866. The van der Waals surface area contributed by atoms with E-state index in [2.05, 4.69) is 60.4 Å². The fraction of sp³-hybridized carbons (Fsp3) is 0.467. The van der Waals surface area contributed by atoms with Gasteiger partial charge >= 0.3 is 0 Å². The zero-order valence-corrected chi connectivity index (χ0v) is 12.0. The van der Waals surface area contributed by atoms with Crippen molar-refractivity contribution in [1.29, 1.82) is 0 Å². The van der Waals surface area contributed by atoms with E-state index < -0.39 is 0 Å². The SMILES string of the molecule is CCc1nc(CC)n(CCNc2ccc(C)cc2)n1. The van der Waals surface area contributed by atoms with Crippen LogP contribution in [-0.4, -0.2) is 21.3 Å². The number of nitrogens with zero attached hydrogens (tertiary/aromatic N) is 3. The molecule has 1 heterocycles. The minimum atomic E-state index is 0.851. The van der Waals surface area contributed by atoms with Crippen LogP contribution in [0, 0.1) is 6.92 Å². The Hall–Kier alpha value is -1.84. The first-order valence-corrected chi connectivity index (χ1v) is 6.96. The molecular weight excluding hydrogens is 236 g/mol. The molecule has 102 valence electrons. The molecule has 0 bridgehead atoms. The summed E-state index contributed by atoms with van der Waals surface area (Å²) < 4.78 is 2.01. The number of benzene rings is 1. The zero-order valence-electron chi connectivity index (χ0n) is 12.0. The molecule has 1 aromatic carbocycles. The standard InChI is InChI=1S/C15H22N4/c1-4-14-17-15(5-2)19(18-14)11-10-16-13-8-6-12(3)7-9-13/h6-9,16H,4-5,10-11H2,1-3H3. The van der Waals surface area contributed by atoms with E-state index in [1.165, 1.54) is 5.56 Å². The highest BCUT2D eigenvalue weighted by Gasteiger charge is 2.06. The lowest BCUT2D eigenvalue weighted by atomic mass is 10.2. The van der Waals surface area contributed by atoms with E-state index in [1.807, 2.05) is 4.68 Å². The van der Waals surface area contributed by atoms with Crippen molar-refractivity contribution in [2.45, 2.75) is 40.2 Å². The Morgan fingerprint density at radius 1 is 1.11 bits per heavy atom. The molecule has 2 rings (SSSR count). The smallest absolute Gasteiger partial charge is 0.150 e. The number of hydrogen-bond acceptors (Lipinski definition) is 3. The Morgan fingerprint density at radius 2 is 1.84 bits per heavy atom. The van der Waals surface area contributed by atoms with Crippen LogP contribution in [-0.2, 0) is 19.4 Å². The van der Waals surface area contributed by atoms with Crippen LogP contribution in [0.2, 0.25) is 0 Å². The predicted octanol–water partition coefficient (Wildman–Crippen LogP) is 2.82. The normalized spacial score (nSPS) is 10.7. The number of rotatable bonds is 6. The lowest BCUT2D eigenvalue weighted by Crippen LogP contribution is -2.14. The summed E-state index contributed by atoms with van der Waals surface area (Å²) in [6, 6.07) is 8.44. The molecule has 0 aliphatic rings. The van der Waals surface area contributed by atoms with Gasteiger partial charge < -0.3 is 5.32 Å². The molecule has 0 unspecified atom stereocenters. The second-order valence-electron chi connectivity index (χ2n) is 4.67. The molecule has 1 N–H and O–H groups in total. The largest absolute Gasteiger partial charge is 0.383 e. The maximum absolute atomic E-state index is 4.51. The molecule has 0 aliphatic heterocycles. The Morgan fingerprint density at radius 3 is 2.47 bits per heavy atom. The molecule has 19 heavy (non-hydrogen) atoms. The average Bonchev–Trinajstić information content (AvgIpc) is 2.83. The summed E-state index contributed by atoms with van der Waals surface area (Å²) in [6.07, 6.45) is 1.82. The topological polar surface area (TPSA) is 42.7 Å². The number of anilines is 1. The maximum Gasteiger partial charge on any atom is 0.150 e. The number of nitrogens with one attached hydrogen (secondary N) is 1. The van der Waals surface area contributed by atoms with E-state index in [9.17, 15) is 0 Å². The Bertz CT molecular complexity index is 513. The van der Waals surface area contributed by atoms with Gasteiger partial charge in [-0.2, -0.15) is 5.10 Å². The molecular formula is C15H22N4. The zero-order chi connectivity index (χ0) is 13.7. The predicted molar refractivity (Wildman–Crippen MR) is 78.4 cm³/mol. The van der Waals surface area contributed by atoms with Gasteiger partial charge in [0.2, 0.25) is 0 Å². The van der Waals surface area contributed by atoms with E-state index >= 15 is 0 Å². The highest BCUT2D eigenvalue weighted by Crippen LogP contribution is 2.08. The third kappa shape index (κ3) is 3.56. The first-order chi connectivity index (χ1) is 9.22. The molecule has 1 aromatic heterocycles. The summed E-state index contributed by atoms with van der Waals surface area (Å²) in [4.78, 5) is 4.51. The molecule has 0 fully saturated rings. The van der Waals surface area contributed by atoms with Gasteiger partial charge in [0.25, 0.3) is 0 Å². The van der Waals surface area contributed by atoms with Crippen LogP contribution in [0.5, 0.6) is 0 Å². The van der Waals surface area contributed by atoms with E-state index in [1.54, 1.807) is 0 Å². The monoisotopic (exact) mass is 258 g/mol. The molecule has 0 aliphatic carbocycles. The van der Waals surface area contributed by atoms with Crippen LogP contribution in [0.3, 0.4) is 0 Å². The van der Waals surface area contributed by atoms with Gasteiger partial charge in [-0.1, -0.05) is 31.5 Å². The first-order valence-electron chi connectivity index (χ1n) is 6.96. The van der Waals surface area contributed by atoms with Gasteiger partial charge in [-0.25, -0.2) is 9.67 Å². The fourth-order valence-corrected chi connectivity index (χ4v) is 1.99. The van der Waals surface area contributed by atoms with Crippen molar-refractivity contribution in [1.82, 2.24) is 14.8 Å². The average molecular weight is 258 g/mol. The van der Waals surface area contributed by atoms with Crippen molar-refractivity contribution >= 4 is 5.69 Å². The van der Waals surface area contributed by atoms with Crippen molar-refractivity contribution < 1.29 is 0 Å². The minimum Gasteiger partial charge on any atom is -0.383 e. The van der Waals surface area contributed by atoms with E-state index in [4.69, 9.17) is 0 Å². The third-order valence-corrected chi connectivity index (χ3v) is 3.13. The van der Waals surface area contributed by atoms with E-state index in [-0.39, 0.29) is 0 Å². The molecule has 0 atom stereocenters. The van der Waals surface area contributed by atoms with Gasteiger partial charge in [0.05, 0.1) is 6.54 Å². The maximum atomic E-state index is 4.51. The van der Waals surface area contributed by atoms with Crippen molar-refractivity contribution in [3.8, 4) is 0 Å². The summed E-state index contributed by atoms with van der Waals surface area (Å²) in [5.41, 5.74) is 2.43. The number of aromatic nitrogens is 3. The lowest BCUT2D eigenvalue weighted by Gasteiger charge is -2.08.